The molecule has 1 heterocycles. The minimum Gasteiger partial charge on any atom is -0.496 e. The molecule has 0 radical (unpaired) electrons. The van der Waals surface area contributed by atoms with E-state index in [0.29, 0.717) is 29.5 Å². The third-order valence-electron chi connectivity index (χ3n) is 6.98. The van der Waals surface area contributed by atoms with Crippen molar-refractivity contribution in [2.24, 2.45) is 0 Å². The first-order valence-corrected chi connectivity index (χ1v) is 14.2. The lowest BCUT2D eigenvalue weighted by Gasteiger charge is -2.30. The van der Waals surface area contributed by atoms with Crippen molar-refractivity contribution in [3.05, 3.63) is 60.4 Å². The van der Waals surface area contributed by atoms with E-state index in [-0.39, 0.29) is 5.91 Å². The van der Waals surface area contributed by atoms with Crippen molar-refractivity contribution in [1.82, 2.24) is 15.0 Å². The second kappa shape index (κ2) is 16.4. The van der Waals surface area contributed by atoms with Crippen molar-refractivity contribution in [3.8, 4) is 17.2 Å². The van der Waals surface area contributed by atoms with Crippen LogP contribution in [0, 0.1) is 0 Å². The number of nitrogens with zero attached hydrogens (tertiary/aromatic N) is 4. The highest BCUT2D eigenvalue weighted by Gasteiger charge is 2.33. The van der Waals surface area contributed by atoms with Gasteiger partial charge in [0.1, 0.15) is 22.9 Å². The van der Waals surface area contributed by atoms with E-state index in [1.54, 1.807) is 50.8 Å². The Balaban J connectivity index is 1.84. The number of ether oxygens (including phenoxy) is 3. The van der Waals surface area contributed by atoms with Crippen molar-refractivity contribution < 1.29 is 19.0 Å². The minimum absolute atomic E-state index is 0.157. The topological polar surface area (TPSA) is 78.7 Å². The van der Waals surface area contributed by atoms with Crippen LogP contribution < -0.4 is 19.1 Å². The van der Waals surface area contributed by atoms with Crippen molar-refractivity contribution in [1.29, 1.82) is 0 Å². The fourth-order valence-electron chi connectivity index (χ4n) is 4.86. The van der Waals surface area contributed by atoms with Gasteiger partial charge in [-0.15, -0.1) is 0 Å². The second-order valence-corrected chi connectivity index (χ2v) is 9.72. The standard InChI is InChI=1S/C31H44N4O4/c1-5-6-7-8-9-10-11-12-13-17-22-34(30-27(38-3)23-26(37-2)24-28(30)39-4)31(36)29(35-32-20-21-33-35)25-18-15-14-16-19-25/h14-16,18-21,23-24,29H,5-13,17,22H2,1-4H3. The van der Waals surface area contributed by atoms with Crippen LogP contribution in [0.25, 0.3) is 0 Å². The third-order valence-corrected chi connectivity index (χ3v) is 6.98. The van der Waals surface area contributed by atoms with Gasteiger partial charge in [0.25, 0.3) is 5.91 Å². The summed E-state index contributed by atoms with van der Waals surface area (Å²) >= 11 is 0. The molecule has 0 fully saturated rings. The molecule has 0 aliphatic rings. The first-order valence-electron chi connectivity index (χ1n) is 14.2. The number of aromatic nitrogens is 3. The van der Waals surface area contributed by atoms with Crippen molar-refractivity contribution >= 4 is 11.6 Å². The van der Waals surface area contributed by atoms with Crippen LogP contribution in [0.1, 0.15) is 82.7 Å². The van der Waals surface area contributed by atoms with Crippen molar-refractivity contribution in [3.63, 3.8) is 0 Å². The van der Waals surface area contributed by atoms with E-state index in [9.17, 15) is 4.79 Å². The summed E-state index contributed by atoms with van der Waals surface area (Å²) < 4.78 is 16.9. The van der Waals surface area contributed by atoms with Crippen molar-refractivity contribution in [2.75, 3.05) is 32.8 Å². The molecule has 3 aromatic rings. The van der Waals surface area contributed by atoms with Crippen LogP contribution in [0.15, 0.2) is 54.9 Å². The van der Waals surface area contributed by atoms with Crippen LogP contribution in [0.3, 0.4) is 0 Å². The number of amides is 1. The zero-order chi connectivity index (χ0) is 27.9. The highest BCUT2D eigenvalue weighted by atomic mass is 16.5. The lowest BCUT2D eigenvalue weighted by molar-refractivity contribution is -0.121. The number of benzene rings is 2. The maximum absolute atomic E-state index is 14.4. The van der Waals surface area contributed by atoms with Gasteiger partial charge in [-0.25, -0.2) is 0 Å². The van der Waals surface area contributed by atoms with E-state index in [1.165, 1.54) is 49.7 Å². The Morgan fingerprint density at radius 3 is 1.85 bits per heavy atom. The SMILES string of the molecule is CCCCCCCCCCCCN(C(=O)C(c1ccccc1)n1nccn1)c1c(OC)cc(OC)cc1OC. The number of unbranched alkanes of at least 4 members (excludes halogenated alkanes) is 9. The lowest BCUT2D eigenvalue weighted by Crippen LogP contribution is -2.40. The van der Waals surface area contributed by atoms with Crippen LogP contribution in [0.5, 0.6) is 17.2 Å². The molecule has 1 unspecified atom stereocenters. The van der Waals surface area contributed by atoms with Gasteiger partial charge >= 0.3 is 0 Å². The number of hydrogen-bond donors (Lipinski definition) is 0. The summed E-state index contributed by atoms with van der Waals surface area (Å²) in [5.41, 5.74) is 1.38. The number of hydrogen-bond acceptors (Lipinski definition) is 6. The van der Waals surface area contributed by atoms with Gasteiger partial charge in [-0.2, -0.15) is 15.0 Å². The Morgan fingerprint density at radius 2 is 1.33 bits per heavy atom. The summed E-state index contributed by atoms with van der Waals surface area (Å²) in [4.78, 5) is 17.6. The zero-order valence-corrected chi connectivity index (χ0v) is 24.0. The first kappa shape index (κ1) is 30.0. The molecule has 1 aromatic heterocycles. The summed E-state index contributed by atoms with van der Waals surface area (Å²) in [6.45, 7) is 2.76. The Kier molecular flexibility index (Phi) is 12.6. The quantitative estimate of drug-likeness (QED) is 0.166. The third kappa shape index (κ3) is 8.47. The minimum atomic E-state index is -0.735. The largest absolute Gasteiger partial charge is 0.496 e. The summed E-state index contributed by atoms with van der Waals surface area (Å²) in [6, 6.07) is 12.4. The molecular weight excluding hydrogens is 492 g/mol. The highest BCUT2D eigenvalue weighted by Crippen LogP contribution is 2.43. The average molecular weight is 537 g/mol. The van der Waals surface area contributed by atoms with Gasteiger partial charge in [0.05, 0.1) is 33.7 Å². The monoisotopic (exact) mass is 536 g/mol. The van der Waals surface area contributed by atoms with Gasteiger partial charge in [-0.1, -0.05) is 95.0 Å². The number of methoxy groups -OCH3 is 3. The molecule has 39 heavy (non-hydrogen) atoms. The molecule has 0 aliphatic carbocycles. The summed E-state index contributed by atoms with van der Waals surface area (Å²) in [7, 11) is 4.77. The molecule has 2 aromatic carbocycles. The molecule has 3 rings (SSSR count). The van der Waals surface area contributed by atoms with Gasteiger partial charge in [0.15, 0.2) is 6.04 Å². The Bertz CT molecular complexity index is 1080. The van der Waals surface area contributed by atoms with E-state index in [2.05, 4.69) is 17.1 Å². The number of carbonyl (C=O) groups excluding carboxylic acids is 1. The predicted molar refractivity (Wildman–Crippen MR) is 155 cm³/mol. The molecular formula is C31H44N4O4. The second-order valence-electron chi connectivity index (χ2n) is 9.72. The smallest absolute Gasteiger partial charge is 0.258 e. The highest BCUT2D eigenvalue weighted by molar-refractivity contribution is 6.00. The van der Waals surface area contributed by atoms with Crippen LogP contribution in [-0.4, -0.2) is 48.8 Å². The maximum atomic E-state index is 14.4. The lowest BCUT2D eigenvalue weighted by atomic mass is 10.0. The fraction of sp³-hybridized carbons (Fsp3) is 0.516. The zero-order valence-electron chi connectivity index (χ0n) is 24.0. The van der Waals surface area contributed by atoms with Gasteiger partial charge in [-0.05, 0) is 12.0 Å². The average Bonchev–Trinajstić information content (AvgIpc) is 3.50. The van der Waals surface area contributed by atoms with Crippen LogP contribution >= 0.6 is 0 Å². The molecule has 8 heteroatoms. The van der Waals surface area contributed by atoms with Gasteiger partial charge in [-0.3, -0.25) is 4.79 Å². The molecule has 0 saturated heterocycles. The fourth-order valence-corrected chi connectivity index (χ4v) is 4.86. The van der Waals surface area contributed by atoms with Gasteiger partial charge in [0.2, 0.25) is 0 Å². The normalized spacial score (nSPS) is 11.7. The summed E-state index contributed by atoms with van der Waals surface area (Å²) in [5, 5.41) is 8.67. The number of rotatable bonds is 18. The van der Waals surface area contributed by atoms with E-state index < -0.39 is 6.04 Å². The van der Waals surface area contributed by atoms with E-state index >= 15 is 0 Å². The molecule has 0 saturated carbocycles. The van der Waals surface area contributed by atoms with Gasteiger partial charge in [0, 0.05) is 18.7 Å². The Labute approximate surface area is 233 Å². The van der Waals surface area contributed by atoms with Crippen LogP contribution in [-0.2, 0) is 4.79 Å². The first-order chi connectivity index (χ1) is 19.1. The summed E-state index contributed by atoms with van der Waals surface area (Å²) in [5.74, 6) is 1.45. The van der Waals surface area contributed by atoms with Crippen LogP contribution in [0.4, 0.5) is 5.69 Å². The molecule has 1 amide bonds. The van der Waals surface area contributed by atoms with Crippen LogP contribution in [0.2, 0.25) is 0 Å². The van der Waals surface area contributed by atoms with Gasteiger partial charge < -0.3 is 19.1 Å². The Hall–Kier alpha value is -3.55. The molecule has 0 bridgehead atoms. The van der Waals surface area contributed by atoms with E-state index in [4.69, 9.17) is 14.2 Å². The Morgan fingerprint density at radius 1 is 0.795 bits per heavy atom. The summed E-state index contributed by atoms with van der Waals surface area (Å²) in [6.07, 6.45) is 15.3. The number of carbonyl (C=O) groups is 1. The molecule has 0 N–H and O–H groups in total. The van der Waals surface area contributed by atoms with E-state index in [0.717, 1.165) is 24.8 Å². The molecule has 1 atom stereocenters. The molecule has 212 valence electrons. The number of anilines is 1. The van der Waals surface area contributed by atoms with E-state index in [1.807, 2.05) is 30.3 Å². The maximum Gasteiger partial charge on any atom is 0.258 e. The molecule has 8 nitrogen and oxygen atoms in total. The molecule has 0 aliphatic heterocycles. The predicted octanol–water partition coefficient (Wildman–Crippen LogP) is 6.85. The molecule has 0 spiro atoms. The van der Waals surface area contributed by atoms with Crippen molar-refractivity contribution in [2.45, 2.75) is 77.2 Å².